The Morgan fingerprint density at radius 3 is 2.70 bits per heavy atom. The number of amides is 1. The second-order valence-corrected chi connectivity index (χ2v) is 9.94. The van der Waals surface area contributed by atoms with E-state index in [9.17, 15) is 4.79 Å². The quantitative estimate of drug-likeness (QED) is 0.496. The van der Waals surface area contributed by atoms with Crippen LogP contribution in [0.15, 0.2) is 36.5 Å². The number of rotatable bonds is 6. The van der Waals surface area contributed by atoms with Gasteiger partial charge in [-0.15, -0.1) is 0 Å². The molecule has 2 aliphatic rings. The molecule has 0 radical (unpaired) electrons. The van der Waals surface area contributed by atoms with E-state index in [4.69, 9.17) is 10.5 Å². The van der Waals surface area contributed by atoms with Gasteiger partial charge in [0.2, 0.25) is 5.95 Å². The van der Waals surface area contributed by atoms with Crippen LogP contribution in [0.5, 0.6) is 0 Å². The molecule has 0 unspecified atom stereocenters. The Kier molecular flexibility index (Phi) is 7.08. The van der Waals surface area contributed by atoms with Crippen LogP contribution in [-0.2, 0) is 17.7 Å². The molecule has 8 nitrogen and oxygen atoms in total. The molecule has 1 saturated heterocycles. The fourth-order valence-corrected chi connectivity index (χ4v) is 4.81. The van der Waals surface area contributed by atoms with Crippen molar-refractivity contribution >= 4 is 17.4 Å². The maximum absolute atomic E-state index is 15.2. The van der Waals surface area contributed by atoms with Crippen LogP contribution in [0.3, 0.4) is 0 Å². The van der Waals surface area contributed by atoms with Gasteiger partial charge in [-0.1, -0.05) is 12.1 Å². The van der Waals surface area contributed by atoms with Gasteiger partial charge in [-0.2, -0.15) is 4.39 Å². The number of pyridine rings is 2. The van der Waals surface area contributed by atoms with E-state index in [1.807, 2.05) is 24.4 Å². The van der Waals surface area contributed by atoms with Crippen LogP contribution in [0, 0.1) is 5.95 Å². The van der Waals surface area contributed by atoms with Crippen molar-refractivity contribution in [1.82, 2.24) is 20.2 Å². The van der Waals surface area contributed by atoms with Gasteiger partial charge in [0.1, 0.15) is 5.82 Å². The molecule has 1 amide bonds. The van der Waals surface area contributed by atoms with E-state index in [1.165, 1.54) is 0 Å². The number of nitrogens with zero attached hydrogens (tertiary/aromatic N) is 4. The third kappa shape index (κ3) is 5.14. The van der Waals surface area contributed by atoms with Gasteiger partial charge in [0.05, 0.1) is 36.4 Å². The van der Waals surface area contributed by atoms with E-state index in [1.54, 1.807) is 12.1 Å². The van der Waals surface area contributed by atoms with Crippen LogP contribution < -0.4 is 16.0 Å². The topological polar surface area (TPSA) is 96.6 Å². The number of morpholine rings is 1. The van der Waals surface area contributed by atoms with Gasteiger partial charge in [-0.3, -0.25) is 14.7 Å². The van der Waals surface area contributed by atoms with E-state index in [0.717, 1.165) is 41.9 Å². The van der Waals surface area contributed by atoms with Crippen molar-refractivity contribution < 1.29 is 13.9 Å². The number of fused-ring (bicyclic) bond motifs is 1. The van der Waals surface area contributed by atoms with Gasteiger partial charge >= 0.3 is 0 Å². The van der Waals surface area contributed by atoms with E-state index in [2.05, 4.69) is 46.0 Å². The summed E-state index contributed by atoms with van der Waals surface area (Å²) in [7, 11) is 2.08. The SMILES string of the molecule is CC(C)N(C)Cc1cc(-c2cc(-c3ccc4c(c3)CCNC4=O)c(N)nc2F)ncc1N1CCOCC1. The van der Waals surface area contributed by atoms with Crippen LogP contribution in [-0.4, -0.2) is 66.7 Å². The predicted molar refractivity (Wildman–Crippen MR) is 143 cm³/mol. The lowest BCUT2D eigenvalue weighted by atomic mass is 9.94. The van der Waals surface area contributed by atoms with Crippen molar-refractivity contribution in [2.24, 2.45) is 0 Å². The first-order chi connectivity index (χ1) is 17.8. The van der Waals surface area contributed by atoms with Crippen LogP contribution >= 0.6 is 0 Å². The van der Waals surface area contributed by atoms with Crippen molar-refractivity contribution in [3.05, 3.63) is 59.2 Å². The Labute approximate surface area is 216 Å². The van der Waals surface area contributed by atoms with Crippen LogP contribution in [0.1, 0.15) is 35.3 Å². The fraction of sp³-hybridized carbons (Fsp3) is 0.393. The average molecular weight is 505 g/mol. The molecule has 5 rings (SSSR count). The number of nitrogen functional groups attached to an aromatic ring is 1. The minimum Gasteiger partial charge on any atom is -0.383 e. The number of hydrogen-bond acceptors (Lipinski definition) is 7. The van der Waals surface area contributed by atoms with E-state index in [0.29, 0.717) is 54.7 Å². The van der Waals surface area contributed by atoms with Gasteiger partial charge in [0, 0.05) is 43.3 Å². The Hall–Kier alpha value is -3.56. The summed E-state index contributed by atoms with van der Waals surface area (Å²) in [5, 5.41) is 2.85. The lowest BCUT2D eigenvalue weighted by molar-refractivity contribution is 0.0946. The molecule has 2 aliphatic heterocycles. The number of halogens is 1. The second kappa shape index (κ2) is 10.4. The lowest BCUT2D eigenvalue weighted by Gasteiger charge is -2.32. The molecule has 0 atom stereocenters. The lowest BCUT2D eigenvalue weighted by Crippen LogP contribution is -2.37. The zero-order valence-corrected chi connectivity index (χ0v) is 21.6. The summed E-state index contributed by atoms with van der Waals surface area (Å²) in [5.74, 6) is -0.637. The smallest absolute Gasteiger partial charge is 0.251 e. The van der Waals surface area contributed by atoms with Crippen molar-refractivity contribution in [1.29, 1.82) is 0 Å². The zero-order valence-electron chi connectivity index (χ0n) is 21.6. The number of nitrogens with one attached hydrogen (secondary N) is 1. The minimum atomic E-state index is -0.659. The summed E-state index contributed by atoms with van der Waals surface area (Å²) in [4.78, 5) is 25.4. The number of benzene rings is 1. The summed E-state index contributed by atoms with van der Waals surface area (Å²) in [5.41, 5.74) is 12.1. The van der Waals surface area contributed by atoms with Crippen LogP contribution in [0.4, 0.5) is 15.9 Å². The zero-order chi connectivity index (χ0) is 26.1. The maximum Gasteiger partial charge on any atom is 0.251 e. The molecule has 1 aromatic carbocycles. The molecule has 37 heavy (non-hydrogen) atoms. The molecule has 0 spiro atoms. The normalized spacial score (nSPS) is 15.7. The number of hydrogen-bond donors (Lipinski definition) is 2. The highest BCUT2D eigenvalue weighted by Gasteiger charge is 2.22. The predicted octanol–water partition coefficient (Wildman–Crippen LogP) is 3.49. The third-order valence-corrected chi connectivity index (χ3v) is 7.24. The van der Waals surface area contributed by atoms with E-state index in [-0.39, 0.29) is 11.7 Å². The van der Waals surface area contributed by atoms with Gasteiger partial charge < -0.3 is 20.7 Å². The molecule has 3 aromatic rings. The summed E-state index contributed by atoms with van der Waals surface area (Å²) in [6.07, 6.45) is 2.56. The Bertz CT molecular complexity index is 1320. The largest absolute Gasteiger partial charge is 0.383 e. The average Bonchev–Trinajstić information content (AvgIpc) is 2.89. The number of carbonyl (C=O) groups is 1. The first-order valence-corrected chi connectivity index (χ1v) is 12.7. The summed E-state index contributed by atoms with van der Waals surface area (Å²) >= 11 is 0. The molecular formula is C28H33FN6O2. The molecule has 0 aliphatic carbocycles. The molecule has 9 heteroatoms. The van der Waals surface area contributed by atoms with Crippen LogP contribution in [0.2, 0.25) is 0 Å². The number of nitrogens with two attached hydrogens (primary N) is 1. The summed E-state index contributed by atoms with van der Waals surface area (Å²) in [6, 6.07) is 9.59. The summed E-state index contributed by atoms with van der Waals surface area (Å²) in [6.45, 7) is 8.50. The Balaban J connectivity index is 1.56. The van der Waals surface area contributed by atoms with Crippen molar-refractivity contribution in [3.8, 4) is 22.4 Å². The summed E-state index contributed by atoms with van der Waals surface area (Å²) < 4.78 is 20.7. The van der Waals surface area contributed by atoms with Crippen molar-refractivity contribution in [2.75, 3.05) is 50.5 Å². The molecule has 1 fully saturated rings. The maximum atomic E-state index is 15.2. The highest BCUT2D eigenvalue weighted by atomic mass is 19.1. The molecule has 4 heterocycles. The minimum absolute atomic E-state index is 0.0813. The first kappa shape index (κ1) is 25.1. The third-order valence-electron chi connectivity index (χ3n) is 7.24. The fourth-order valence-electron chi connectivity index (χ4n) is 4.81. The van der Waals surface area contributed by atoms with Gasteiger partial charge in [-0.25, -0.2) is 4.98 Å². The van der Waals surface area contributed by atoms with E-state index < -0.39 is 5.95 Å². The second-order valence-electron chi connectivity index (χ2n) is 9.94. The number of anilines is 2. The Morgan fingerprint density at radius 1 is 1.16 bits per heavy atom. The van der Waals surface area contributed by atoms with Crippen molar-refractivity contribution in [3.63, 3.8) is 0 Å². The molecular weight excluding hydrogens is 471 g/mol. The van der Waals surface area contributed by atoms with Gasteiger partial charge in [0.15, 0.2) is 0 Å². The monoisotopic (exact) mass is 504 g/mol. The van der Waals surface area contributed by atoms with Crippen LogP contribution in [0.25, 0.3) is 22.4 Å². The van der Waals surface area contributed by atoms with Gasteiger partial charge in [0.25, 0.3) is 5.91 Å². The standard InChI is InChI=1S/C28H33FN6O2/c1-17(2)34(3)16-20-13-24(32-15-25(20)35-8-10-37-11-9-35)23-14-22(27(30)33-26(23)29)18-4-5-21-19(12-18)6-7-31-28(21)36/h4-5,12-15,17H,6-11,16H2,1-3H3,(H2,30,33)(H,31,36). The molecule has 2 aromatic heterocycles. The number of aromatic nitrogens is 2. The molecule has 3 N–H and O–H groups in total. The molecule has 194 valence electrons. The number of carbonyl (C=O) groups excluding carboxylic acids is 1. The van der Waals surface area contributed by atoms with Gasteiger partial charge in [-0.05, 0) is 62.2 Å². The Morgan fingerprint density at radius 2 is 1.95 bits per heavy atom. The highest BCUT2D eigenvalue weighted by molar-refractivity contribution is 5.97. The molecule has 0 bridgehead atoms. The highest BCUT2D eigenvalue weighted by Crippen LogP contribution is 2.34. The van der Waals surface area contributed by atoms with Crippen molar-refractivity contribution in [2.45, 2.75) is 32.9 Å². The number of ether oxygens (including phenoxy) is 1. The molecule has 0 saturated carbocycles. The first-order valence-electron chi connectivity index (χ1n) is 12.7. The van der Waals surface area contributed by atoms with E-state index >= 15 is 4.39 Å².